The van der Waals surface area contributed by atoms with E-state index in [9.17, 15) is 19.0 Å². The van der Waals surface area contributed by atoms with Crippen molar-refractivity contribution in [3.8, 4) is 6.01 Å². The first-order valence-electron chi connectivity index (χ1n) is 9.30. The second kappa shape index (κ2) is 7.03. The zero-order chi connectivity index (χ0) is 20.1. The van der Waals surface area contributed by atoms with Gasteiger partial charge >= 0.3 is 6.01 Å². The van der Waals surface area contributed by atoms with Crippen LogP contribution < -0.4 is 9.64 Å². The van der Waals surface area contributed by atoms with E-state index in [0.29, 0.717) is 25.3 Å². The quantitative estimate of drug-likeness (QED) is 0.671. The van der Waals surface area contributed by atoms with Gasteiger partial charge in [-0.2, -0.15) is 9.97 Å². The number of hydrogen-bond acceptors (Lipinski definition) is 6. The molecule has 1 saturated heterocycles. The van der Waals surface area contributed by atoms with Crippen LogP contribution in [0.15, 0.2) is 10.5 Å². The van der Waals surface area contributed by atoms with Crippen molar-refractivity contribution in [2.24, 2.45) is 5.41 Å². The van der Waals surface area contributed by atoms with E-state index < -0.39 is 17.2 Å². The van der Waals surface area contributed by atoms with Crippen molar-refractivity contribution >= 4 is 32.7 Å². The summed E-state index contributed by atoms with van der Waals surface area (Å²) in [5, 5.41) is 20.1. The molecule has 1 aliphatic heterocycles. The van der Waals surface area contributed by atoms with Gasteiger partial charge in [-0.15, -0.1) is 0 Å². The van der Waals surface area contributed by atoms with E-state index >= 15 is 0 Å². The maximum atomic E-state index is 14.8. The van der Waals surface area contributed by atoms with Crippen LogP contribution in [-0.4, -0.2) is 52.1 Å². The van der Waals surface area contributed by atoms with Gasteiger partial charge in [-0.1, -0.05) is 0 Å². The molecule has 2 aliphatic rings. The van der Waals surface area contributed by atoms with Gasteiger partial charge in [-0.3, -0.25) is 0 Å². The molecule has 1 saturated carbocycles. The summed E-state index contributed by atoms with van der Waals surface area (Å²) in [7, 11) is 0. The first-order chi connectivity index (χ1) is 13.2. The predicted octanol–water partition coefficient (Wildman–Crippen LogP) is 3.17. The van der Waals surface area contributed by atoms with Gasteiger partial charge in [-0.05, 0) is 54.6 Å². The summed E-state index contributed by atoms with van der Waals surface area (Å²) >= 11 is 2.92. The number of nitrogens with zero attached hydrogens (tertiary/aromatic N) is 3. The third-order valence-electron chi connectivity index (χ3n) is 5.56. The molecule has 1 aromatic carbocycles. The largest absolute Gasteiger partial charge is 0.463 e. The number of rotatable bonds is 5. The number of halogens is 3. The summed E-state index contributed by atoms with van der Waals surface area (Å²) in [6, 6.07) is 1.17. The highest BCUT2D eigenvalue weighted by atomic mass is 79.9. The van der Waals surface area contributed by atoms with Crippen molar-refractivity contribution in [1.29, 1.82) is 0 Å². The summed E-state index contributed by atoms with van der Waals surface area (Å²) in [6.07, 6.45) is 3.07. The van der Waals surface area contributed by atoms with Crippen molar-refractivity contribution in [3.63, 3.8) is 0 Å². The first kappa shape index (κ1) is 19.7. The maximum absolute atomic E-state index is 14.8. The van der Waals surface area contributed by atoms with Crippen LogP contribution in [0.4, 0.5) is 14.6 Å². The minimum absolute atomic E-state index is 0.00749. The molecule has 2 heterocycles. The SMILES string of the molecule is C[C@@]1(O)CCCN(c2nc(OCC3(CO)CC3)nc3c(F)c(Br)c(F)cc23)C1. The van der Waals surface area contributed by atoms with Crippen LogP contribution in [0.2, 0.25) is 0 Å². The van der Waals surface area contributed by atoms with Crippen LogP contribution in [-0.2, 0) is 0 Å². The number of aliphatic hydroxyl groups excluding tert-OH is 1. The first-order valence-corrected chi connectivity index (χ1v) is 10.1. The monoisotopic (exact) mass is 457 g/mol. The Kier molecular flexibility index (Phi) is 4.96. The Morgan fingerprint density at radius 3 is 2.68 bits per heavy atom. The van der Waals surface area contributed by atoms with Gasteiger partial charge in [0.2, 0.25) is 0 Å². The van der Waals surface area contributed by atoms with E-state index in [1.54, 1.807) is 6.92 Å². The Morgan fingerprint density at radius 1 is 1.29 bits per heavy atom. The number of aliphatic hydroxyl groups is 2. The van der Waals surface area contributed by atoms with Crippen LogP contribution in [0.25, 0.3) is 10.9 Å². The molecule has 28 heavy (non-hydrogen) atoms. The molecule has 9 heteroatoms. The summed E-state index contributed by atoms with van der Waals surface area (Å²) in [4.78, 5) is 10.4. The number of hydrogen-bond donors (Lipinski definition) is 2. The highest BCUT2D eigenvalue weighted by Gasteiger charge is 2.43. The average Bonchev–Trinajstić information content (AvgIpc) is 3.44. The standard InChI is InChI=1S/C19H22BrF2N3O3/c1-18(27)3-2-6-25(8-18)16-11-7-12(21)13(20)14(22)15(11)23-17(24-16)28-10-19(9-26)4-5-19/h7,26-27H,2-6,8-10H2,1H3/t18-/m1/s1. The molecule has 1 aliphatic carbocycles. The number of anilines is 1. The van der Waals surface area contributed by atoms with Crippen LogP contribution in [0.3, 0.4) is 0 Å². The molecule has 0 unspecified atom stereocenters. The Bertz CT molecular complexity index is 921. The van der Waals surface area contributed by atoms with E-state index in [1.807, 2.05) is 4.90 Å². The molecule has 4 rings (SSSR count). The van der Waals surface area contributed by atoms with Crippen LogP contribution in [0.1, 0.15) is 32.6 Å². The fourth-order valence-electron chi connectivity index (χ4n) is 3.59. The lowest BCUT2D eigenvalue weighted by Crippen LogP contribution is -2.46. The highest BCUT2D eigenvalue weighted by molar-refractivity contribution is 9.10. The minimum Gasteiger partial charge on any atom is -0.463 e. The molecule has 2 N–H and O–H groups in total. The number of β-amino-alcohol motifs (C(OH)–C–C–N with tert-alkyl or cyclic N) is 1. The van der Waals surface area contributed by atoms with Gasteiger partial charge in [0.25, 0.3) is 0 Å². The number of benzene rings is 1. The molecule has 0 spiro atoms. The van der Waals surface area contributed by atoms with Crippen molar-refractivity contribution in [2.75, 3.05) is 31.2 Å². The molecule has 1 aromatic heterocycles. The second-order valence-corrected chi connectivity index (χ2v) is 8.97. The molecular formula is C19H22BrF2N3O3. The van der Waals surface area contributed by atoms with Gasteiger partial charge in [0, 0.05) is 23.9 Å². The maximum Gasteiger partial charge on any atom is 0.319 e. The Hall–Kier alpha value is -1.58. The Balaban J connectivity index is 1.78. The third kappa shape index (κ3) is 3.67. The van der Waals surface area contributed by atoms with Crippen LogP contribution >= 0.6 is 15.9 Å². The van der Waals surface area contributed by atoms with Gasteiger partial charge < -0.3 is 19.8 Å². The van der Waals surface area contributed by atoms with Crippen molar-refractivity contribution in [2.45, 2.75) is 38.2 Å². The van der Waals surface area contributed by atoms with Crippen LogP contribution in [0.5, 0.6) is 6.01 Å². The molecule has 0 amide bonds. The summed E-state index contributed by atoms with van der Waals surface area (Å²) < 4.78 is 34.3. The number of ether oxygens (including phenoxy) is 1. The fourth-order valence-corrected chi connectivity index (χ4v) is 3.89. The molecule has 0 radical (unpaired) electrons. The summed E-state index contributed by atoms with van der Waals surface area (Å²) in [6.45, 7) is 2.86. The lowest BCUT2D eigenvalue weighted by molar-refractivity contribution is 0.0447. The van der Waals surface area contributed by atoms with E-state index in [1.165, 1.54) is 6.07 Å². The second-order valence-electron chi connectivity index (χ2n) is 8.18. The molecule has 2 aromatic rings. The van der Waals surface area contributed by atoms with E-state index in [0.717, 1.165) is 19.3 Å². The summed E-state index contributed by atoms with van der Waals surface area (Å²) in [5.41, 5.74) is -1.25. The molecular weight excluding hydrogens is 436 g/mol. The summed E-state index contributed by atoms with van der Waals surface area (Å²) in [5.74, 6) is -1.24. The third-order valence-corrected chi connectivity index (χ3v) is 6.29. The normalized spacial score (nSPS) is 23.9. The molecule has 0 bridgehead atoms. The van der Waals surface area contributed by atoms with E-state index in [4.69, 9.17) is 4.74 Å². The van der Waals surface area contributed by atoms with Gasteiger partial charge in [0.15, 0.2) is 5.82 Å². The van der Waals surface area contributed by atoms with E-state index in [2.05, 4.69) is 25.9 Å². The molecule has 152 valence electrons. The average molecular weight is 458 g/mol. The predicted molar refractivity (Wildman–Crippen MR) is 103 cm³/mol. The van der Waals surface area contributed by atoms with E-state index in [-0.39, 0.29) is 40.0 Å². The lowest BCUT2D eigenvalue weighted by atomic mass is 9.95. The number of piperidine rings is 1. The minimum atomic E-state index is -0.919. The van der Waals surface area contributed by atoms with Crippen LogP contribution in [0, 0.1) is 17.0 Å². The number of fused-ring (bicyclic) bond motifs is 1. The van der Waals surface area contributed by atoms with Crippen molar-refractivity contribution in [1.82, 2.24) is 9.97 Å². The zero-order valence-corrected chi connectivity index (χ0v) is 17.1. The molecule has 6 nitrogen and oxygen atoms in total. The Morgan fingerprint density at radius 2 is 2.04 bits per heavy atom. The van der Waals surface area contributed by atoms with Crippen molar-refractivity contribution < 1.29 is 23.7 Å². The highest BCUT2D eigenvalue weighted by Crippen LogP contribution is 2.45. The van der Waals surface area contributed by atoms with Crippen molar-refractivity contribution in [3.05, 3.63) is 22.2 Å². The van der Waals surface area contributed by atoms with Gasteiger partial charge in [0.05, 0.1) is 23.3 Å². The topological polar surface area (TPSA) is 78.7 Å². The lowest BCUT2D eigenvalue weighted by Gasteiger charge is -2.38. The smallest absolute Gasteiger partial charge is 0.319 e. The zero-order valence-electron chi connectivity index (χ0n) is 15.5. The fraction of sp³-hybridized carbons (Fsp3) is 0.579. The molecule has 1 atom stereocenters. The van der Waals surface area contributed by atoms with Gasteiger partial charge in [-0.25, -0.2) is 8.78 Å². The molecule has 2 fully saturated rings. The number of aromatic nitrogens is 2. The Labute approximate surface area is 169 Å². The van der Waals surface area contributed by atoms with Gasteiger partial charge in [0.1, 0.15) is 17.2 Å².